The first-order valence-corrected chi connectivity index (χ1v) is 18.8. The van der Waals surface area contributed by atoms with Crippen LogP contribution in [0.25, 0.3) is 0 Å². The van der Waals surface area contributed by atoms with Crippen molar-refractivity contribution < 1.29 is 38.4 Å². The summed E-state index contributed by atoms with van der Waals surface area (Å²) in [6.07, 6.45) is 37.3. The molecule has 0 saturated heterocycles. The van der Waals surface area contributed by atoms with Crippen LogP contribution in [0.4, 0.5) is 0 Å². The number of allylic oxidation sites excluding steroid dienone is 2. The lowest BCUT2D eigenvalue weighted by Gasteiger charge is -2.42. The number of aliphatic hydroxyl groups excluding tert-OH is 1. The summed E-state index contributed by atoms with van der Waals surface area (Å²) in [5.41, 5.74) is 3.03. The van der Waals surface area contributed by atoms with Gasteiger partial charge in [0, 0.05) is 18.4 Å². The Labute approximate surface area is 291 Å². The number of halogens is 1. The molecule has 0 bridgehead atoms. The summed E-state index contributed by atoms with van der Waals surface area (Å²) in [4.78, 5) is 10.1. The van der Waals surface area contributed by atoms with Gasteiger partial charge in [0.15, 0.2) is 0 Å². The number of carbonyl (C=O) groups excluding carboxylic acids is 1. The Morgan fingerprint density at radius 1 is 0.614 bits per heavy atom. The number of benzene rings is 1. The number of hydrogen-bond donors (Lipinski definition) is 1. The standard InChI is InChI=1S/C22H38NO.C18H34O.HI/c1-2-3-4-5-6-7-8-9-12-16-23(18-19-24)17-15-21-13-10-11-14-22(21)20-23;1-2-3-4-5-6-7-8-9-10-11-12-13-14-15-16-17-18-19;/h10-11,13-14,24H,2-9,12,15-20H2,1H3;9-10,18H,2-8,11-17H2,1H3;1H/q+1;;/p-1/b;10-9-;. The van der Waals surface area contributed by atoms with Crippen LogP contribution in [0, 0.1) is 0 Å². The molecule has 1 aliphatic heterocycles. The number of aliphatic hydroxyl groups is 1. The van der Waals surface area contributed by atoms with E-state index in [9.17, 15) is 9.90 Å². The fourth-order valence-corrected chi connectivity index (χ4v) is 6.52. The van der Waals surface area contributed by atoms with Crippen molar-refractivity contribution in [2.24, 2.45) is 0 Å². The summed E-state index contributed by atoms with van der Waals surface area (Å²) in [7, 11) is 0. The van der Waals surface area contributed by atoms with E-state index in [4.69, 9.17) is 0 Å². The molecule has 1 N–H and O–H groups in total. The number of unbranched alkanes of at least 4 members (excludes halogenated alkanes) is 20. The Morgan fingerprint density at radius 3 is 1.57 bits per heavy atom. The molecule has 3 nitrogen and oxygen atoms in total. The molecule has 2 rings (SSSR count). The van der Waals surface area contributed by atoms with Gasteiger partial charge in [0.25, 0.3) is 0 Å². The molecule has 1 atom stereocenters. The SMILES string of the molecule is CCCCCCCC/C=C\CCCCCCCC=O.CCCCCCCCCCC[N+]1(CCO)CCc2ccccc2C1.[I-]. The van der Waals surface area contributed by atoms with Crippen molar-refractivity contribution in [2.45, 2.75) is 174 Å². The molecule has 44 heavy (non-hydrogen) atoms. The van der Waals surface area contributed by atoms with Gasteiger partial charge in [0.05, 0.1) is 19.7 Å². The first kappa shape index (κ1) is 43.3. The highest BCUT2D eigenvalue weighted by atomic mass is 127. The smallest absolute Gasteiger partial charge is 0.119 e. The van der Waals surface area contributed by atoms with Crippen molar-refractivity contribution in [1.82, 2.24) is 0 Å². The van der Waals surface area contributed by atoms with Gasteiger partial charge < -0.3 is 38.4 Å². The van der Waals surface area contributed by atoms with Crippen molar-refractivity contribution in [3.05, 3.63) is 47.5 Å². The maximum absolute atomic E-state index is 10.1. The predicted octanol–water partition coefficient (Wildman–Crippen LogP) is 8.31. The summed E-state index contributed by atoms with van der Waals surface area (Å²) in [6, 6.07) is 8.89. The van der Waals surface area contributed by atoms with E-state index in [1.807, 2.05) is 0 Å². The van der Waals surface area contributed by atoms with Gasteiger partial charge in [-0.3, -0.25) is 0 Å². The van der Waals surface area contributed by atoms with Crippen molar-refractivity contribution in [3.8, 4) is 0 Å². The minimum Gasteiger partial charge on any atom is -1.00 e. The number of nitrogens with zero attached hydrogens (tertiary/aromatic N) is 1. The first-order chi connectivity index (χ1) is 21.2. The molecule has 0 saturated carbocycles. The van der Waals surface area contributed by atoms with E-state index in [0.717, 1.165) is 36.7 Å². The normalized spacial score (nSPS) is 15.8. The minimum atomic E-state index is 0. The molecule has 1 heterocycles. The zero-order chi connectivity index (χ0) is 31.1. The van der Waals surface area contributed by atoms with Crippen LogP contribution in [0.3, 0.4) is 0 Å². The van der Waals surface area contributed by atoms with E-state index >= 15 is 0 Å². The lowest BCUT2D eigenvalue weighted by molar-refractivity contribution is -0.943. The molecule has 1 unspecified atom stereocenters. The van der Waals surface area contributed by atoms with Crippen molar-refractivity contribution >= 4 is 6.29 Å². The molecule has 4 heteroatoms. The number of quaternary nitrogens is 1. The molecule has 1 aromatic carbocycles. The molecular formula is C40H72INO2. The highest BCUT2D eigenvalue weighted by molar-refractivity contribution is 5.48. The van der Waals surface area contributed by atoms with Crippen LogP contribution >= 0.6 is 0 Å². The van der Waals surface area contributed by atoms with Gasteiger partial charge in [-0.2, -0.15) is 0 Å². The summed E-state index contributed by atoms with van der Waals surface area (Å²) in [5, 5.41) is 9.56. The third-order valence-corrected chi connectivity index (χ3v) is 9.37. The zero-order valence-electron chi connectivity index (χ0n) is 29.2. The summed E-state index contributed by atoms with van der Waals surface area (Å²) in [6.45, 7) is 9.35. The molecule has 0 fully saturated rings. The Hall–Kier alpha value is -0.720. The average Bonchev–Trinajstić information content (AvgIpc) is 3.02. The second-order valence-electron chi connectivity index (χ2n) is 13.3. The third-order valence-electron chi connectivity index (χ3n) is 9.37. The topological polar surface area (TPSA) is 37.3 Å². The molecule has 0 spiro atoms. The van der Waals surface area contributed by atoms with Gasteiger partial charge in [0.1, 0.15) is 19.4 Å². The van der Waals surface area contributed by atoms with Crippen LogP contribution in [0.2, 0.25) is 0 Å². The van der Waals surface area contributed by atoms with Crippen LogP contribution < -0.4 is 24.0 Å². The molecule has 1 aromatic rings. The van der Waals surface area contributed by atoms with Gasteiger partial charge >= 0.3 is 0 Å². The van der Waals surface area contributed by atoms with Crippen molar-refractivity contribution in [3.63, 3.8) is 0 Å². The lowest BCUT2D eigenvalue weighted by Crippen LogP contribution is -3.00. The monoisotopic (exact) mass is 725 g/mol. The van der Waals surface area contributed by atoms with E-state index in [1.165, 1.54) is 165 Å². The summed E-state index contributed by atoms with van der Waals surface area (Å²) < 4.78 is 1.10. The predicted molar refractivity (Wildman–Crippen MR) is 189 cm³/mol. The largest absolute Gasteiger partial charge is 1.00 e. The van der Waals surface area contributed by atoms with Crippen molar-refractivity contribution in [2.75, 3.05) is 26.2 Å². The number of carbonyl (C=O) groups is 1. The van der Waals surface area contributed by atoms with E-state index in [0.29, 0.717) is 6.61 Å². The summed E-state index contributed by atoms with van der Waals surface area (Å²) in [5.74, 6) is 0. The van der Waals surface area contributed by atoms with Crippen LogP contribution in [0.15, 0.2) is 36.4 Å². The number of fused-ring (bicyclic) bond motifs is 1. The van der Waals surface area contributed by atoms with Gasteiger partial charge in [-0.05, 0) is 50.5 Å². The van der Waals surface area contributed by atoms with Gasteiger partial charge in [-0.15, -0.1) is 0 Å². The van der Waals surface area contributed by atoms with Crippen LogP contribution in [-0.4, -0.2) is 42.1 Å². The Bertz CT molecular complexity index is 782. The Balaban J connectivity index is 0.000000847. The maximum atomic E-state index is 10.1. The fraction of sp³-hybridized carbons (Fsp3) is 0.775. The van der Waals surface area contributed by atoms with Crippen LogP contribution in [0.5, 0.6) is 0 Å². The molecule has 256 valence electrons. The van der Waals surface area contributed by atoms with E-state index in [2.05, 4.69) is 50.3 Å². The summed E-state index contributed by atoms with van der Waals surface area (Å²) >= 11 is 0. The highest BCUT2D eigenvalue weighted by Crippen LogP contribution is 2.26. The van der Waals surface area contributed by atoms with E-state index < -0.39 is 0 Å². The second-order valence-corrected chi connectivity index (χ2v) is 13.3. The number of hydrogen-bond acceptors (Lipinski definition) is 2. The fourth-order valence-electron chi connectivity index (χ4n) is 6.52. The second kappa shape index (κ2) is 32.2. The minimum absolute atomic E-state index is 0. The van der Waals surface area contributed by atoms with E-state index in [1.54, 1.807) is 0 Å². The van der Waals surface area contributed by atoms with Crippen LogP contribution in [-0.2, 0) is 17.8 Å². The Morgan fingerprint density at radius 2 is 1.07 bits per heavy atom. The molecule has 1 aliphatic rings. The quantitative estimate of drug-likeness (QED) is 0.0326. The van der Waals surface area contributed by atoms with Gasteiger partial charge in [0.2, 0.25) is 0 Å². The maximum Gasteiger partial charge on any atom is 0.119 e. The average molecular weight is 726 g/mol. The van der Waals surface area contributed by atoms with Gasteiger partial charge in [-0.25, -0.2) is 0 Å². The lowest BCUT2D eigenvalue weighted by atomic mass is 9.97. The number of aldehydes is 1. The van der Waals surface area contributed by atoms with Gasteiger partial charge in [-0.1, -0.05) is 147 Å². The molecule has 0 aromatic heterocycles. The number of rotatable bonds is 27. The van der Waals surface area contributed by atoms with Crippen LogP contribution in [0.1, 0.15) is 173 Å². The van der Waals surface area contributed by atoms with Crippen molar-refractivity contribution in [1.29, 1.82) is 0 Å². The highest BCUT2D eigenvalue weighted by Gasteiger charge is 2.31. The first-order valence-electron chi connectivity index (χ1n) is 18.8. The zero-order valence-corrected chi connectivity index (χ0v) is 31.4. The molecule has 0 amide bonds. The molecular weight excluding hydrogens is 653 g/mol. The third kappa shape index (κ3) is 23.6. The Kier molecular flexibility index (Phi) is 31.7. The molecule has 0 aliphatic carbocycles. The van der Waals surface area contributed by atoms with E-state index in [-0.39, 0.29) is 24.0 Å². The molecule has 0 radical (unpaired) electrons.